The monoisotopic (exact) mass is 397 g/mol. The van der Waals surface area contributed by atoms with E-state index in [1.165, 1.54) is 11.8 Å². The number of Topliss-reactive ketones (excluding diaryl/α,β-unsaturated/α-hetero) is 1. The second kappa shape index (κ2) is 7.16. The van der Waals surface area contributed by atoms with Crippen LogP contribution in [0.1, 0.15) is 39.0 Å². The maximum Gasteiger partial charge on any atom is 0.355 e. The fraction of sp³-hybridized carbons (Fsp3) is 0.263. The number of benzene rings is 1. The van der Waals surface area contributed by atoms with E-state index in [2.05, 4.69) is 20.2 Å². The van der Waals surface area contributed by atoms with Crippen LogP contribution in [0.15, 0.2) is 29.4 Å². The minimum Gasteiger partial charge on any atom is -0.461 e. The van der Waals surface area contributed by atoms with E-state index in [4.69, 9.17) is 4.74 Å². The summed E-state index contributed by atoms with van der Waals surface area (Å²) in [5.41, 5.74) is 3.92. The molecular formula is C19H19N5O3S. The number of nitrogens with zero attached hydrogens (tertiary/aromatic N) is 3. The number of hydrogen-bond donors (Lipinski definition) is 2. The molecule has 144 valence electrons. The van der Waals surface area contributed by atoms with Crippen LogP contribution >= 0.6 is 11.8 Å². The van der Waals surface area contributed by atoms with E-state index in [-0.39, 0.29) is 18.1 Å². The van der Waals surface area contributed by atoms with Gasteiger partial charge in [0.2, 0.25) is 5.78 Å². The van der Waals surface area contributed by atoms with E-state index >= 15 is 0 Å². The summed E-state index contributed by atoms with van der Waals surface area (Å²) < 4.78 is 6.94. The Morgan fingerprint density at radius 1 is 1.25 bits per heavy atom. The molecule has 28 heavy (non-hydrogen) atoms. The highest BCUT2D eigenvalue weighted by atomic mass is 32.2. The van der Waals surface area contributed by atoms with Crippen LogP contribution in [0.4, 0.5) is 0 Å². The Labute approximate surface area is 164 Å². The minimum absolute atomic E-state index is 0.0765. The van der Waals surface area contributed by atoms with Crippen LogP contribution in [-0.2, 0) is 4.74 Å². The van der Waals surface area contributed by atoms with E-state index in [0.29, 0.717) is 33.4 Å². The number of ketones is 1. The third-order valence-corrected chi connectivity index (χ3v) is 5.47. The number of hydrogen-bond acceptors (Lipinski definition) is 6. The van der Waals surface area contributed by atoms with Crippen LogP contribution in [-0.4, -0.2) is 48.7 Å². The van der Waals surface area contributed by atoms with Crippen molar-refractivity contribution in [2.24, 2.45) is 0 Å². The van der Waals surface area contributed by atoms with Crippen LogP contribution in [0.5, 0.6) is 0 Å². The van der Waals surface area contributed by atoms with Gasteiger partial charge in [-0.2, -0.15) is 0 Å². The zero-order chi connectivity index (χ0) is 19.8. The van der Waals surface area contributed by atoms with Crippen molar-refractivity contribution in [3.05, 3.63) is 46.8 Å². The molecule has 0 aliphatic heterocycles. The second-order valence-electron chi connectivity index (χ2n) is 6.32. The Morgan fingerprint density at radius 2 is 2.04 bits per heavy atom. The molecule has 0 radical (unpaired) electrons. The van der Waals surface area contributed by atoms with Crippen LogP contribution in [0.25, 0.3) is 16.8 Å². The number of aromatic nitrogens is 5. The van der Waals surface area contributed by atoms with Gasteiger partial charge < -0.3 is 9.72 Å². The van der Waals surface area contributed by atoms with Crippen molar-refractivity contribution >= 4 is 40.3 Å². The molecule has 0 saturated heterocycles. The first kappa shape index (κ1) is 18.3. The number of nitrogens with one attached hydrogen (secondary N) is 2. The molecule has 3 heterocycles. The van der Waals surface area contributed by atoms with Crippen molar-refractivity contribution in [2.75, 3.05) is 12.4 Å². The number of ether oxygens (including phenoxy) is 1. The normalized spacial score (nSPS) is 11.4. The maximum absolute atomic E-state index is 12.9. The van der Waals surface area contributed by atoms with Crippen molar-refractivity contribution in [2.45, 2.75) is 25.9 Å². The smallest absolute Gasteiger partial charge is 0.355 e. The van der Waals surface area contributed by atoms with Gasteiger partial charge in [-0.3, -0.25) is 9.20 Å². The van der Waals surface area contributed by atoms with Crippen LogP contribution in [0, 0.1) is 13.8 Å². The second-order valence-corrected chi connectivity index (χ2v) is 7.27. The SMILES string of the molecule is CCOC(=O)c1[nH]c(C)c(C(=O)CSc2n[nH]c3nc4ccccc4n23)c1C. The van der Waals surface area contributed by atoms with Crippen molar-refractivity contribution in [3.63, 3.8) is 0 Å². The molecule has 8 nitrogen and oxygen atoms in total. The molecule has 0 atom stereocenters. The number of esters is 1. The van der Waals surface area contributed by atoms with Gasteiger partial charge >= 0.3 is 5.97 Å². The molecule has 3 aromatic heterocycles. The molecular weight excluding hydrogens is 378 g/mol. The maximum atomic E-state index is 12.9. The van der Waals surface area contributed by atoms with E-state index in [1.54, 1.807) is 20.8 Å². The Hall–Kier alpha value is -3.07. The molecule has 2 N–H and O–H groups in total. The van der Waals surface area contributed by atoms with E-state index in [1.807, 2.05) is 28.7 Å². The number of thioether (sulfide) groups is 1. The summed E-state index contributed by atoms with van der Waals surface area (Å²) in [6, 6.07) is 7.76. The van der Waals surface area contributed by atoms with Gasteiger partial charge in [0.25, 0.3) is 0 Å². The van der Waals surface area contributed by atoms with Crippen LogP contribution in [0.2, 0.25) is 0 Å². The van der Waals surface area contributed by atoms with Crippen LogP contribution in [0.3, 0.4) is 0 Å². The summed E-state index contributed by atoms with van der Waals surface area (Å²) in [6.45, 7) is 5.56. The first-order valence-corrected chi connectivity index (χ1v) is 9.83. The van der Waals surface area contributed by atoms with Gasteiger partial charge in [-0.05, 0) is 38.5 Å². The number of rotatable bonds is 6. The Kier molecular flexibility index (Phi) is 4.68. The lowest BCUT2D eigenvalue weighted by atomic mass is 10.1. The summed E-state index contributed by atoms with van der Waals surface area (Å²) in [4.78, 5) is 32.4. The number of imidazole rings is 1. The summed E-state index contributed by atoms with van der Waals surface area (Å²) in [7, 11) is 0. The molecule has 0 aliphatic carbocycles. The lowest BCUT2D eigenvalue weighted by Crippen LogP contribution is -2.08. The lowest BCUT2D eigenvalue weighted by Gasteiger charge is -2.03. The average Bonchev–Trinajstić information content (AvgIpc) is 3.32. The molecule has 0 unspecified atom stereocenters. The summed E-state index contributed by atoms with van der Waals surface area (Å²) in [5.74, 6) is 0.296. The minimum atomic E-state index is -0.450. The number of aryl methyl sites for hydroxylation is 1. The van der Waals surface area contributed by atoms with Gasteiger partial charge in [-0.1, -0.05) is 23.9 Å². The molecule has 0 fully saturated rings. The topological polar surface area (TPSA) is 105 Å². The summed E-state index contributed by atoms with van der Waals surface area (Å²) >= 11 is 1.33. The van der Waals surface area contributed by atoms with Gasteiger partial charge in [0.15, 0.2) is 10.9 Å². The molecule has 9 heteroatoms. The quantitative estimate of drug-likeness (QED) is 0.294. The van der Waals surface area contributed by atoms with Gasteiger partial charge in [0.1, 0.15) is 5.69 Å². The molecule has 4 rings (SSSR count). The summed E-state index contributed by atoms with van der Waals surface area (Å²) in [6.07, 6.45) is 0. The van der Waals surface area contributed by atoms with E-state index in [9.17, 15) is 9.59 Å². The Morgan fingerprint density at radius 3 is 2.82 bits per heavy atom. The fourth-order valence-corrected chi connectivity index (χ4v) is 4.15. The van der Waals surface area contributed by atoms with Crippen LogP contribution < -0.4 is 0 Å². The molecule has 4 aromatic rings. The van der Waals surface area contributed by atoms with E-state index < -0.39 is 5.97 Å². The first-order chi connectivity index (χ1) is 13.5. The molecule has 1 aromatic carbocycles. The highest BCUT2D eigenvalue weighted by Crippen LogP contribution is 2.26. The van der Waals surface area contributed by atoms with Gasteiger partial charge in [-0.15, -0.1) is 5.10 Å². The predicted molar refractivity (Wildman–Crippen MR) is 106 cm³/mol. The highest BCUT2D eigenvalue weighted by Gasteiger charge is 2.23. The van der Waals surface area contributed by atoms with Crippen molar-refractivity contribution in [1.82, 2.24) is 24.6 Å². The summed E-state index contributed by atoms with van der Waals surface area (Å²) in [5, 5.41) is 7.84. The number of fused-ring (bicyclic) bond motifs is 3. The Balaban J connectivity index is 1.59. The number of para-hydroxylation sites is 2. The first-order valence-electron chi connectivity index (χ1n) is 8.85. The van der Waals surface area contributed by atoms with Crippen molar-refractivity contribution < 1.29 is 14.3 Å². The standard InChI is InChI=1S/C19H19N5O3S/c1-4-27-17(26)16-10(2)15(11(3)20-16)14(25)9-28-19-23-22-18-21-12-7-5-6-8-13(12)24(18)19/h5-8,20H,4,9H2,1-3H3,(H,21,22). The number of carbonyl (C=O) groups excluding carboxylic acids is 2. The number of H-pyrrole nitrogens is 2. The predicted octanol–water partition coefficient (Wildman–Crippen LogP) is 3.31. The Bertz CT molecular complexity index is 1200. The highest BCUT2D eigenvalue weighted by molar-refractivity contribution is 7.99. The molecule has 0 bridgehead atoms. The van der Waals surface area contributed by atoms with Crippen molar-refractivity contribution in [1.29, 1.82) is 0 Å². The van der Waals surface area contributed by atoms with Gasteiger partial charge in [0, 0.05) is 11.3 Å². The van der Waals surface area contributed by atoms with Gasteiger partial charge in [-0.25, -0.2) is 14.9 Å². The molecule has 0 amide bonds. The van der Waals surface area contributed by atoms with Gasteiger partial charge in [0.05, 0.1) is 23.4 Å². The fourth-order valence-electron chi connectivity index (χ4n) is 3.32. The van der Waals surface area contributed by atoms with Crippen molar-refractivity contribution in [3.8, 4) is 0 Å². The number of carbonyl (C=O) groups is 2. The largest absolute Gasteiger partial charge is 0.461 e. The molecule has 0 saturated carbocycles. The number of aromatic amines is 2. The molecule has 0 spiro atoms. The average molecular weight is 397 g/mol. The van der Waals surface area contributed by atoms with E-state index in [0.717, 1.165) is 11.0 Å². The lowest BCUT2D eigenvalue weighted by molar-refractivity contribution is 0.0519. The zero-order valence-electron chi connectivity index (χ0n) is 15.7. The third-order valence-electron chi connectivity index (χ3n) is 4.53. The zero-order valence-corrected chi connectivity index (χ0v) is 16.5. The third kappa shape index (κ3) is 2.97. The molecule has 0 aliphatic rings.